The van der Waals surface area contributed by atoms with Gasteiger partial charge >= 0.3 is 0 Å². The Balaban J connectivity index is 1.65. The van der Waals surface area contributed by atoms with Gasteiger partial charge in [0.1, 0.15) is 0 Å². The van der Waals surface area contributed by atoms with E-state index in [0.717, 1.165) is 25.1 Å². The summed E-state index contributed by atoms with van der Waals surface area (Å²) in [4.78, 5) is 0.326. The summed E-state index contributed by atoms with van der Waals surface area (Å²) >= 11 is 1.69. The van der Waals surface area contributed by atoms with Crippen molar-refractivity contribution in [1.29, 1.82) is 0 Å². The molecule has 0 atom stereocenters. The van der Waals surface area contributed by atoms with Gasteiger partial charge in [-0.05, 0) is 65.9 Å². The van der Waals surface area contributed by atoms with Gasteiger partial charge in [0, 0.05) is 18.3 Å². The van der Waals surface area contributed by atoms with Crippen molar-refractivity contribution in [3.05, 3.63) is 46.2 Å². The van der Waals surface area contributed by atoms with Crippen LogP contribution in [0.2, 0.25) is 0 Å². The molecule has 1 fully saturated rings. The second-order valence-corrected chi connectivity index (χ2v) is 7.81. The lowest BCUT2D eigenvalue weighted by atomic mass is 10.2. The van der Waals surface area contributed by atoms with Crippen LogP contribution in [0.5, 0.6) is 0 Å². The van der Waals surface area contributed by atoms with Gasteiger partial charge in [0.25, 0.3) is 0 Å². The van der Waals surface area contributed by atoms with Gasteiger partial charge in [-0.1, -0.05) is 0 Å². The van der Waals surface area contributed by atoms with Gasteiger partial charge in [0.2, 0.25) is 10.0 Å². The first-order chi connectivity index (χ1) is 10.0. The fraction of sp³-hybridized carbons (Fsp3) is 0.333. The minimum Gasteiger partial charge on any atom is -0.381 e. The zero-order valence-corrected chi connectivity index (χ0v) is 13.4. The normalized spacial score (nSPS) is 15.1. The maximum absolute atomic E-state index is 12.1. The summed E-state index contributed by atoms with van der Waals surface area (Å²) in [6.07, 6.45) is 1.89. The van der Waals surface area contributed by atoms with Crippen LogP contribution in [0, 0.1) is 6.92 Å². The van der Waals surface area contributed by atoms with Crippen LogP contribution >= 0.6 is 11.3 Å². The lowest BCUT2D eigenvalue weighted by molar-refractivity contribution is 0.581. The number of benzene rings is 1. The van der Waals surface area contributed by atoms with E-state index in [4.69, 9.17) is 0 Å². The van der Waals surface area contributed by atoms with Crippen LogP contribution in [0.1, 0.15) is 24.0 Å². The van der Waals surface area contributed by atoms with E-state index in [0.29, 0.717) is 4.90 Å². The van der Waals surface area contributed by atoms with Crippen molar-refractivity contribution < 1.29 is 8.42 Å². The molecule has 0 unspecified atom stereocenters. The van der Waals surface area contributed by atoms with Crippen LogP contribution in [0.4, 0.5) is 5.69 Å². The molecule has 1 aromatic heterocycles. The highest BCUT2D eigenvalue weighted by Gasteiger charge is 2.27. The van der Waals surface area contributed by atoms with E-state index in [1.807, 2.05) is 12.1 Å². The largest absolute Gasteiger partial charge is 0.381 e. The van der Waals surface area contributed by atoms with Crippen molar-refractivity contribution >= 4 is 27.0 Å². The minimum atomic E-state index is -3.35. The fourth-order valence-electron chi connectivity index (χ4n) is 2.01. The van der Waals surface area contributed by atoms with E-state index < -0.39 is 10.0 Å². The maximum Gasteiger partial charge on any atom is 0.240 e. The van der Waals surface area contributed by atoms with Crippen molar-refractivity contribution in [2.75, 3.05) is 5.32 Å². The Morgan fingerprint density at radius 3 is 2.48 bits per heavy atom. The number of hydrogen-bond donors (Lipinski definition) is 2. The van der Waals surface area contributed by atoms with Crippen LogP contribution in [0.15, 0.2) is 39.9 Å². The van der Waals surface area contributed by atoms with Gasteiger partial charge < -0.3 is 5.32 Å². The average molecular weight is 322 g/mol. The molecule has 1 heterocycles. The highest BCUT2D eigenvalue weighted by Crippen LogP contribution is 2.23. The Kier molecular flexibility index (Phi) is 4.01. The number of sulfonamides is 1. The number of rotatable bonds is 6. The zero-order valence-electron chi connectivity index (χ0n) is 11.8. The Labute approximate surface area is 129 Å². The summed E-state index contributed by atoms with van der Waals surface area (Å²) in [7, 11) is -3.35. The summed E-state index contributed by atoms with van der Waals surface area (Å²) in [6.45, 7) is 2.84. The molecule has 1 aromatic carbocycles. The molecule has 3 rings (SSSR count). The molecule has 2 aromatic rings. The first-order valence-electron chi connectivity index (χ1n) is 6.92. The van der Waals surface area contributed by atoms with E-state index in [-0.39, 0.29) is 6.04 Å². The third-order valence-electron chi connectivity index (χ3n) is 3.51. The number of nitrogens with one attached hydrogen (secondary N) is 2. The maximum atomic E-state index is 12.1. The monoisotopic (exact) mass is 322 g/mol. The molecule has 21 heavy (non-hydrogen) atoms. The smallest absolute Gasteiger partial charge is 0.240 e. The van der Waals surface area contributed by atoms with Crippen molar-refractivity contribution in [2.45, 2.75) is 37.2 Å². The van der Waals surface area contributed by atoms with Crippen molar-refractivity contribution in [3.8, 4) is 0 Å². The summed E-state index contributed by atoms with van der Waals surface area (Å²) in [6, 6.07) is 7.04. The number of anilines is 1. The molecular weight excluding hydrogens is 304 g/mol. The molecule has 0 amide bonds. The molecule has 0 bridgehead atoms. The quantitative estimate of drug-likeness (QED) is 0.859. The van der Waals surface area contributed by atoms with E-state index in [1.165, 1.54) is 11.1 Å². The minimum absolute atomic E-state index is 0.134. The molecule has 6 heteroatoms. The number of aryl methyl sites for hydroxylation is 1. The van der Waals surface area contributed by atoms with Gasteiger partial charge in [-0.15, -0.1) is 0 Å². The van der Waals surface area contributed by atoms with Crippen LogP contribution < -0.4 is 10.0 Å². The predicted molar refractivity (Wildman–Crippen MR) is 86.2 cm³/mol. The van der Waals surface area contributed by atoms with Gasteiger partial charge in [0.15, 0.2) is 0 Å². The molecule has 0 saturated heterocycles. The third kappa shape index (κ3) is 3.64. The highest BCUT2D eigenvalue weighted by atomic mass is 32.2. The van der Waals surface area contributed by atoms with Gasteiger partial charge in [-0.3, -0.25) is 0 Å². The lowest BCUT2D eigenvalue weighted by Gasteiger charge is -2.08. The molecular formula is C15H18N2O2S2. The van der Waals surface area contributed by atoms with E-state index >= 15 is 0 Å². The first-order valence-corrected chi connectivity index (χ1v) is 9.35. The Bertz CT molecular complexity index is 716. The van der Waals surface area contributed by atoms with Crippen molar-refractivity contribution in [3.63, 3.8) is 0 Å². The molecule has 4 nitrogen and oxygen atoms in total. The fourth-order valence-corrected chi connectivity index (χ4v) is 4.17. The van der Waals surface area contributed by atoms with Gasteiger partial charge in [0.05, 0.1) is 4.90 Å². The SMILES string of the molecule is Cc1cscc1CNc1ccc(S(=O)(=O)NC2CC2)cc1. The van der Waals surface area contributed by atoms with Gasteiger partial charge in [-0.25, -0.2) is 13.1 Å². The summed E-state index contributed by atoms with van der Waals surface area (Å²) < 4.78 is 26.8. The summed E-state index contributed by atoms with van der Waals surface area (Å²) in [5.74, 6) is 0. The van der Waals surface area contributed by atoms with E-state index in [9.17, 15) is 8.42 Å². The molecule has 1 aliphatic carbocycles. The Hall–Kier alpha value is -1.37. The third-order valence-corrected chi connectivity index (χ3v) is 5.96. The predicted octanol–water partition coefficient (Wildman–Crippen LogP) is 3.11. The second-order valence-electron chi connectivity index (χ2n) is 5.35. The number of hydrogen-bond acceptors (Lipinski definition) is 4. The Morgan fingerprint density at radius 1 is 1.19 bits per heavy atom. The highest BCUT2D eigenvalue weighted by molar-refractivity contribution is 7.89. The van der Waals surface area contributed by atoms with Crippen LogP contribution in [0.25, 0.3) is 0 Å². The lowest BCUT2D eigenvalue weighted by Crippen LogP contribution is -2.25. The Morgan fingerprint density at radius 2 is 1.90 bits per heavy atom. The van der Waals surface area contributed by atoms with Crippen LogP contribution in [-0.4, -0.2) is 14.5 Å². The van der Waals surface area contributed by atoms with Crippen LogP contribution in [-0.2, 0) is 16.6 Å². The van der Waals surface area contributed by atoms with Gasteiger partial charge in [-0.2, -0.15) is 11.3 Å². The molecule has 0 aliphatic heterocycles. The molecule has 0 radical (unpaired) electrons. The average Bonchev–Trinajstić information content (AvgIpc) is 3.16. The summed E-state index contributed by atoms with van der Waals surface area (Å²) in [5, 5.41) is 7.56. The second kappa shape index (κ2) is 5.79. The molecule has 0 spiro atoms. The van der Waals surface area contributed by atoms with E-state index in [1.54, 1.807) is 23.5 Å². The summed E-state index contributed by atoms with van der Waals surface area (Å²) in [5.41, 5.74) is 3.47. The standard InChI is InChI=1S/C15H18N2O2S2/c1-11-9-20-10-12(11)8-16-13-4-6-15(7-5-13)21(18,19)17-14-2-3-14/h4-7,9-10,14,16-17H,2-3,8H2,1H3. The van der Waals surface area contributed by atoms with Crippen LogP contribution in [0.3, 0.4) is 0 Å². The first kappa shape index (κ1) is 14.6. The van der Waals surface area contributed by atoms with Crippen molar-refractivity contribution in [2.24, 2.45) is 0 Å². The molecule has 1 saturated carbocycles. The topological polar surface area (TPSA) is 58.2 Å². The molecule has 112 valence electrons. The van der Waals surface area contributed by atoms with Crippen molar-refractivity contribution in [1.82, 2.24) is 4.72 Å². The zero-order chi connectivity index (χ0) is 14.9. The molecule has 1 aliphatic rings. The van der Waals surface area contributed by atoms with E-state index in [2.05, 4.69) is 27.7 Å². The number of thiophene rings is 1. The molecule has 2 N–H and O–H groups in total.